The number of piperidine rings is 1. The van der Waals surface area contributed by atoms with Crippen molar-refractivity contribution in [2.75, 3.05) is 13.6 Å². The normalized spacial score (nSPS) is 45.1. The topological polar surface area (TPSA) is 107 Å². The van der Waals surface area contributed by atoms with Crippen molar-refractivity contribution in [1.82, 2.24) is 0 Å². The lowest BCUT2D eigenvalue weighted by molar-refractivity contribution is -0.994. The van der Waals surface area contributed by atoms with E-state index >= 15 is 0 Å². The van der Waals surface area contributed by atoms with Crippen LogP contribution in [0.5, 0.6) is 11.5 Å². The number of aliphatic hydroxyl groups excluding tert-OH is 1. The Bertz CT molecular complexity index is 928. The molecule has 0 amide bonds. The van der Waals surface area contributed by atoms with Crippen molar-refractivity contribution in [1.29, 1.82) is 0 Å². The second kappa shape index (κ2) is 5.32. The van der Waals surface area contributed by atoms with Crippen LogP contribution in [0.15, 0.2) is 12.1 Å². The molecular weight excluding hydrogens is 374 g/mol. The van der Waals surface area contributed by atoms with Crippen molar-refractivity contribution in [3.8, 4) is 11.5 Å². The largest absolute Gasteiger partial charge is 0.504 e. The maximum absolute atomic E-state index is 12.8. The highest BCUT2D eigenvalue weighted by Crippen LogP contribution is 2.66. The summed E-state index contributed by atoms with van der Waals surface area (Å²) in [5, 5.41) is 44.5. The molecule has 29 heavy (non-hydrogen) atoms. The molecule has 5 aliphatic rings. The molecule has 2 heterocycles. The molecule has 0 radical (unpaired) electrons. The predicted molar refractivity (Wildman–Crippen MR) is 103 cm³/mol. The fourth-order valence-corrected chi connectivity index (χ4v) is 6.97. The van der Waals surface area contributed by atoms with Gasteiger partial charge in [0.15, 0.2) is 29.6 Å². The van der Waals surface area contributed by atoms with Gasteiger partial charge in [-0.25, -0.2) is 0 Å². The standard InChI is InChI=1S/C21H25NO6.CH3/c1-22(10-19(26)6-7-19)14-8-11-2-3-12(23)17-16(11)20(9-15(22)25)18(28-17)13(24)4-5-21(14,20)27;/h2-3,14-15,18,25-27H,4-10H2,1H3;1H3/q;-1/p+1/t14-,15?,18+,20+,21-,22-;/m1./s1. The van der Waals surface area contributed by atoms with Gasteiger partial charge < -0.3 is 32.6 Å². The van der Waals surface area contributed by atoms with Crippen LogP contribution < -0.4 is 4.74 Å². The molecular formula is C22H29NO6. The molecule has 1 unspecified atom stereocenters. The lowest BCUT2D eigenvalue weighted by atomic mass is 9.48. The molecule has 1 aromatic rings. The zero-order chi connectivity index (χ0) is 19.7. The van der Waals surface area contributed by atoms with Crippen LogP contribution in [-0.4, -0.2) is 73.9 Å². The monoisotopic (exact) mass is 403 g/mol. The molecule has 3 aliphatic carbocycles. The number of phenolic OH excluding ortho intramolecular Hbond substituents is 1. The molecule has 6 atom stereocenters. The molecule has 3 fully saturated rings. The number of hydrogen-bond acceptors (Lipinski definition) is 6. The van der Waals surface area contributed by atoms with Gasteiger partial charge in [0.25, 0.3) is 0 Å². The number of aliphatic hydroxyl groups is 3. The fourth-order valence-electron chi connectivity index (χ4n) is 6.97. The quantitative estimate of drug-likeness (QED) is 0.425. The van der Waals surface area contributed by atoms with Gasteiger partial charge in [0.2, 0.25) is 0 Å². The third kappa shape index (κ3) is 2.00. The molecule has 2 bridgehead atoms. The van der Waals surface area contributed by atoms with Crippen molar-refractivity contribution in [3.05, 3.63) is 30.7 Å². The summed E-state index contributed by atoms with van der Waals surface area (Å²) in [6.07, 6.45) is 0.900. The van der Waals surface area contributed by atoms with Crippen LogP contribution in [-0.2, 0) is 16.6 Å². The number of likely N-dealkylation sites (tertiary alicyclic amines) is 1. The molecule has 2 saturated carbocycles. The van der Waals surface area contributed by atoms with Crippen LogP contribution in [0.25, 0.3) is 0 Å². The first-order chi connectivity index (χ1) is 13.1. The number of ether oxygens (including phenoxy) is 1. The lowest BCUT2D eigenvalue weighted by Crippen LogP contribution is -2.83. The number of phenols is 1. The van der Waals surface area contributed by atoms with Crippen molar-refractivity contribution >= 4 is 5.78 Å². The van der Waals surface area contributed by atoms with Crippen LogP contribution in [0.1, 0.15) is 43.2 Å². The molecule has 0 aromatic heterocycles. The SMILES string of the molecule is C[N@+]1(CC2(O)CC2)C(O)C[C@]23c4c5ccc(O)c4O[C@H]2C(=O)CC[C@@]3(O)[C@H]1C5.[CH3-]. The number of hydrogen-bond donors (Lipinski definition) is 4. The Balaban J connectivity index is 0.00000181. The Morgan fingerprint density at radius 2 is 1.97 bits per heavy atom. The number of carbonyl (C=O) groups is 1. The average molecular weight is 403 g/mol. The van der Waals surface area contributed by atoms with E-state index in [0.29, 0.717) is 43.5 Å². The molecule has 2 aliphatic heterocycles. The summed E-state index contributed by atoms with van der Waals surface area (Å²) in [4.78, 5) is 12.8. The van der Waals surface area contributed by atoms with E-state index in [1.807, 2.05) is 13.1 Å². The first kappa shape index (κ1) is 19.3. The first-order valence-corrected chi connectivity index (χ1v) is 10.2. The summed E-state index contributed by atoms with van der Waals surface area (Å²) in [7, 11) is 1.92. The minimum Gasteiger partial charge on any atom is -0.504 e. The van der Waals surface area contributed by atoms with E-state index in [1.165, 1.54) is 0 Å². The van der Waals surface area contributed by atoms with E-state index in [0.717, 1.165) is 5.56 Å². The Kier molecular flexibility index (Phi) is 3.54. The lowest BCUT2D eigenvalue weighted by Gasteiger charge is -2.65. The number of likely N-dealkylation sites (N-methyl/N-ethyl adjacent to an activating group) is 1. The van der Waals surface area contributed by atoms with Crippen LogP contribution in [0.4, 0.5) is 0 Å². The van der Waals surface area contributed by atoms with Gasteiger partial charge in [0.1, 0.15) is 23.8 Å². The minimum absolute atomic E-state index is 0. The number of Topliss-reactive ketones (excluding diaryl/α,β-unsaturated/α-hetero) is 1. The smallest absolute Gasteiger partial charge is 0.191 e. The van der Waals surface area contributed by atoms with E-state index in [2.05, 4.69) is 0 Å². The Morgan fingerprint density at radius 3 is 2.66 bits per heavy atom. The summed E-state index contributed by atoms with van der Waals surface area (Å²) >= 11 is 0. The Hall–Kier alpha value is -1.67. The summed E-state index contributed by atoms with van der Waals surface area (Å²) in [5.74, 6) is 0.176. The summed E-state index contributed by atoms with van der Waals surface area (Å²) < 4.78 is 6.16. The summed E-state index contributed by atoms with van der Waals surface area (Å²) in [6.45, 7) is 0.386. The maximum Gasteiger partial charge on any atom is 0.191 e. The number of ketones is 1. The third-order valence-corrected chi connectivity index (χ3v) is 8.49. The number of aromatic hydroxyl groups is 1. The highest BCUT2D eigenvalue weighted by atomic mass is 16.5. The van der Waals surface area contributed by atoms with E-state index < -0.39 is 28.9 Å². The molecule has 1 saturated heterocycles. The molecule has 1 spiro atoms. The number of rotatable bonds is 2. The van der Waals surface area contributed by atoms with Gasteiger partial charge in [-0.1, -0.05) is 6.07 Å². The highest BCUT2D eigenvalue weighted by molar-refractivity contribution is 5.90. The molecule has 6 rings (SSSR count). The van der Waals surface area contributed by atoms with Gasteiger partial charge in [-0.2, -0.15) is 0 Å². The maximum atomic E-state index is 12.8. The number of carbonyl (C=O) groups excluding carboxylic acids is 1. The van der Waals surface area contributed by atoms with Gasteiger partial charge >= 0.3 is 0 Å². The molecule has 7 heteroatoms. The Morgan fingerprint density at radius 1 is 1.24 bits per heavy atom. The van der Waals surface area contributed by atoms with Crippen LogP contribution >= 0.6 is 0 Å². The van der Waals surface area contributed by atoms with E-state index in [4.69, 9.17) is 4.74 Å². The van der Waals surface area contributed by atoms with E-state index in [-0.39, 0.29) is 42.3 Å². The van der Waals surface area contributed by atoms with Crippen LogP contribution in [0.2, 0.25) is 0 Å². The average Bonchev–Trinajstić information content (AvgIpc) is 3.23. The van der Waals surface area contributed by atoms with Gasteiger partial charge in [-0.3, -0.25) is 9.28 Å². The van der Waals surface area contributed by atoms with Gasteiger partial charge in [0.05, 0.1) is 12.5 Å². The van der Waals surface area contributed by atoms with E-state index in [9.17, 15) is 25.2 Å². The van der Waals surface area contributed by atoms with Crippen molar-refractivity contribution < 1.29 is 34.4 Å². The van der Waals surface area contributed by atoms with Crippen molar-refractivity contribution in [3.63, 3.8) is 0 Å². The van der Waals surface area contributed by atoms with Crippen LogP contribution in [0, 0.1) is 7.43 Å². The molecule has 158 valence electrons. The molecule has 7 nitrogen and oxygen atoms in total. The van der Waals surface area contributed by atoms with Crippen molar-refractivity contribution in [2.45, 2.75) is 73.5 Å². The second-order valence-corrected chi connectivity index (χ2v) is 9.94. The highest BCUT2D eigenvalue weighted by Gasteiger charge is 2.78. The van der Waals surface area contributed by atoms with E-state index in [1.54, 1.807) is 6.07 Å². The van der Waals surface area contributed by atoms with Crippen molar-refractivity contribution in [2.24, 2.45) is 0 Å². The predicted octanol–water partition coefficient (Wildman–Crippen LogP) is 0.554. The summed E-state index contributed by atoms with van der Waals surface area (Å²) in [5.41, 5.74) is -1.40. The number of benzene rings is 1. The van der Waals surface area contributed by atoms with Gasteiger partial charge in [-0.15, -0.1) is 0 Å². The Labute approximate surface area is 170 Å². The number of quaternary nitrogens is 1. The second-order valence-electron chi connectivity index (χ2n) is 9.94. The zero-order valence-corrected chi connectivity index (χ0v) is 16.9. The minimum atomic E-state index is -1.24. The zero-order valence-electron chi connectivity index (χ0n) is 16.9. The summed E-state index contributed by atoms with van der Waals surface area (Å²) in [6, 6.07) is 3.08. The first-order valence-electron chi connectivity index (χ1n) is 10.2. The van der Waals surface area contributed by atoms with Gasteiger partial charge in [0, 0.05) is 24.8 Å². The molecule has 1 aromatic carbocycles. The van der Waals surface area contributed by atoms with Crippen LogP contribution in [0.3, 0.4) is 0 Å². The number of nitrogens with zero attached hydrogens (tertiary/aromatic N) is 1. The van der Waals surface area contributed by atoms with Gasteiger partial charge in [-0.05, 0) is 30.9 Å². The fraction of sp³-hybridized carbons (Fsp3) is 0.636. The molecule has 4 N–H and O–H groups in total. The third-order valence-electron chi connectivity index (χ3n) is 8.49.